The Morgan fingerprint density at radius 3 is 2.45 bits per heavy atom. The van der Waals surface area contributed by atoms with Gasteiger partial charge in [-0.2, -0.15) is 0 Å². The smallest absolute Gasteiger partial charge is 0.244 e. The number of hydrogen-bond donors (Lipinski definition) is 1. The van der Waals surface area contributed by atoms with Gasteiger partial charge in [0.05, 0.1) is 0 Å². The summed E-state index contributed by atoms with van der Waals surface area (Å²) in [6, 6.07) is 7.79. The molecule has 4 rings (SSSR count). The maximum Gasteiger partial charge on any atom is 0.244 e. The lowest BCUT2D eigenvalue weighted by Gasteiger charge is -2.29. The molecule has 6 nitrogen and oxygen atoms in total. The van der Waals surface area contributed by atoms with Crippen molar-refractivity contribution in [1.29, 1.82) is 0 Å². The van der Waals surface area contributed by atoms with Crippen molar-refractivity contribution in [3.63, 3.8) is 0 Å². The lowest BCUT2D eigenvalue weighted by Crippen LogP contribution is -2.49. The van der Waals surface area contributed by atoms with E-state index in [0.29, 0.717) is 0 Å². The van der Waals surface area contributed by atoms with Gasteiger partial charge >= 0.3 is 0 Å². The number of carbonyl (C=O) groups excluding carboxylic acids is 2. The van der Waals surface area contributed by atoms with Crippen molar-refractivity contribution in [3.8, 4) is 0 Å². The molecular formula is C23H32N4O2. The predicted molar refractivity (Wildman–Crippen MR) is 114 cm³/mol. The lowest BCUT2D eigenvalue weighted by molar-refractivity contribution is -0.136. The number of rotatable bonds is 6. The molecule has 1 atom stereocenters. The van der Waals surface area contributed by atoms with Crippen molar-refractivity contribution in [3.05, 3.63) is 36.0 Å². The minimum Gasteiger partial charge on any atom is -0.343 e. The molecule has 2 aromatic rings. The van der Waals surface area contributed by atoms with Gasteiger partial charge in [-0.3, -0.25) is 14.5 Å². The molecule has 0 spiro atoms. The normalized spacial score (nSPS) is 18.9. The van der Waals surface area contributed by atoms with Crippen LogP contribution in [0.1, 0.15) is 44.6 Å². The summed E-state index contributed by atoms with van der Waals surface area (Å²) in [7, 11) is 0. The highest BCUT2D eigenvalue weighted by Crippen LogP contribution is 2.24. The van der Waals surface area contributed by atoms with E-state index in [1.54, 1.807) is 6.92 Å². The van der Waals surface area contributed by atoms with Crippen LogP contribution in [0.2, 0.25) is 0 Å². The van der Waals surface area contributed by atoms with Gasteiger partial charge in [-0.15, -0.1) is 0 Å². The summed E-state index contributed by atoms with van der Waals surface area (Å²) >= 11 is 0. The van der Waals surface area contributed by atoms with Crippen LogP contribution in [0, 0.1) is 0 Å². The van der Waals surface area contributed by atoms with Gasteiger partial charge in [-0.25, -0.2) is 0 Å². The Hall–Kier alpha value is -2.34. The summed E-state index contributed by atoms with van der Waals surface area (Å²) in [6.45, 7) is 6.87. The molecule has 2 saturated heterocycles. The van der Waals surface area contributed by atoms with Gasteiger partial charge in [-0.1, -0.05) is 18.2 Å². The minimum absolute atomic E-state index is 0.0325. The van der Waals surface area contributed by atoms with Crippen molar-refractivity contribution >= 4 is 22.7 Å². The number of nitrogens with one attached hydrogen (secondary N) is 1. The zero-order chi connectivity index (χ0) is 20.2. The first-order chi connectivity index (χ1) is 14.1. The highest BCUT2D eigenvalue weighted by Gasteiger charge is 2.24. The fraction of sp³-hybridized carbons (Fsp3) is 0.565. The SMILES string of the molecule is CC(NC(=O)Cn1cc(CN2CCCC2)c2ccccc21)C(=O)N1CCCCC1. The molecule has 0 saturated carbocycles. The molecule has 2 aliphatic rings. The summed E-state index contributed by atoms with van der Waals surface area (Å²) in [4.78, 5) is 29.6. The number of piperidine rings is 1. The fourth-order valence-electron chi connectivity index (χ4n) is 4.65. The highest BCUT2D eigenvalue weighted by atomic mass is 16.2. The van der Waals surface area contributed by atoms with E-state index in [9.17, 15) is 9.59 Å². The van der Waals surface area contributed by atoms with Crippen molar-refractivity contribution < 1.29 is 9.59 Å². The van der Waals surface area contributed by atoms with Gasteiger partial charge in [0, 0.05) is 36.7 Å². The number of hydrogen-bond acceptors (Lipinski definition) is 3. The summed E-state index contributed by atoms with van der Waals surface area (Å²) < 4.78 is 2.02. The maximum absolute atomic E-state index is 12.7. The third kappa shape index (κ3) is 4.64. The van der Waals surface area contributed by atoms with E-state index in [0.717, 1.165) is 51.1 Å². The molecule has 1 N–H and O–H groups in total. The first-order valence-corrected chi connectivity index (χ1v) is 11.0. The third-order valence-corrected chi connectivity index (χ3v) is 6.19. The van der Waals surface area contributed by atoms with Crippen LogP contribution < -0.4 is 5.32 Å². The first-order valence-electron chi connectivity index (χ1n) is 11.0. The number of aromatic nitrogens is 1. The Kier molecular flexibility index (Phi) is 6.19. The van der Waals surface area contributed by atoms with Crippen LogP contribution in [0.15, 0.2) is 30.5 Å². The fourth-order valence-corrected chi connectivity index (χ4v) is 4.65. The van der Waals surface area contributed by atoms with Gasteiger partial charge in [0.25, 0.3) is 0 Å². The third-order valence-electron chi connectivity index (χ3n) is 6.19. The van der Waals surface area contributed by atoms with Crippen molar-refractivity contribution in [1.82, 2.24) is 19.7 Å². The van der Waals surface area contributed by atoms with E-state index in [-0.39, 0.29) is 18.4 Å². The van der Waals surface area contributed by atoms with E-state index in [1.165, 1.54) is 30.2 Å². The van der Waals surface area contributed by atoms with Crippen molar-refractivity contribution in [2.75, 3.05) is 26.2 Å². The van der Waals surface area contributed by atoms with Crippen LogP contribution in [0.25, 0.3) is 10.9 Å². The van der Waals surface area contributed by atoms with E-state index in [1.807, 2.05) is 15.5 Å². The zero-order valence-electron chi connectivity index (χ0n) is 17.4. The quantitative estimate of drug-likeness (QED) is 0.817. The average Bonchev–Trinajstić information content (AvgIpc) is 3.37. The van der Waals surface area contributed by atoms with E-state index in [2.05, 4.69) is 34.6 Å². The summed E-state index contributed by atoms with van der Waals surface area (Å²) in [5, 5.41) is 4.12. The predicted octanol–water partition coefficient (Wildman–Crippen LogP) is 2.75. The summed E-state index contributed by atoms with van der Waals surface area (Å²) in [5.74, 6) is -0.0820. The number of likely N-dealkylation sites (tertiary alicyclic amines) is 2. The number of benzene rings is 1. The molecule has 156 valence electrons. The van der Waals surface area contributed by atoms with Crippen LogP contribution >= 0.6 is 0 Å². The van der Waals surface area contributed by atoms with Crippen LogP contribution in [-0.4, -0.2) is 58.4 Å². The van der Waals surface area contributed by atoms with E-state index in [4.69, 9.17) is 0 Å². The van der Waals surface area contributed by atoms with E-state index >= 15 is 0 Å². The largest absolute Gasteiger partial charge is 0.343 e. The molecule has 29 heavy (non-hydrogen) atoms. The molecule has 2 amide bonds. The molecule has 6 heteroatoms. The molecule has 2 fully saturated rings. The Bertz CT molecular complexity index is 863. The van der Waals surface area contributed by atoms with Gasteiger partial charge in [0.2, 0.25) is 11.8 Å². The standard InChI is InChI=1S/C23H32N4O2/c1-18(23(29)26-13-5-2-6-14-26)24-22(28)17-27-16-19(15-25-11-7-8-12-25)20-9-3-4-10-21(20)27/h3-4,9-10,16,18H,2,5-8,11-15,17H2,1H3,(H,24,28). The second kappa shape index (κ2) is 8.99. The lowest BCUT2D eigenvalue weighted by atomic mass is 10.1. The topological polar surface area (TPSA) is 57.6 Å². The second-order valence-corrected chi connectivity index (χ2v) is 8.46. The number of para-hydroxylation sites is 1. The molecule has 3 heterocycles. The molecule has 1 aromatic heterocycles. The molecule has 0 bridgehead atoms. The Morgan fingerprint density at radius 2 is 1.69 bits per heavy atom. The Labute approximate surface area is 172 Å². The van der Waals surface area contributed by atoms with Crippen molar-refractivity contribution in [2.24, 2.45) is 0 Å². The number of amides is 2. The van der Waals surface area contributed by atoms with Crippen LogP contribution in [0.3, 0.4) is 0 Å². The molecule has 2 aliphatic heterocycles. The molecule has 1 aromatic carbocycles. The number of carbonyl (C=O) groups is 2. The molecule has 1 unspecified atom stereocenters. The summed E-state index contributed by atoms with van der Waals surface area (Å²) in [6.07, 6.45) is 7.95. The van der Waals surface area contributed by atoms with Crippen LogP contribution in [0.4, 0.5) is 0 Å². The Balaban J connectivity index is 1.42. The zero-order valence-corrected chi connectivity index (χ0v) is 17.4. The van der Waals surface area contributed by atoms with Crippen molar-refractivity contribution in [2.45, 2.75) is 58.2 Å². The number of nitrogens with zero attached hydrogens (tertiary/aromatic N) is 3. The van der Waals surface area contributed by atoms with E-state index < -0.39 is 6.04 Å². The van der Waals surface area contributed by atoms with Gasteiger partial charge < -0.3 is 14.8 Å². The molecular weight excluding hydrogens is 364 g/mol. The van der Waals surface area contributed by atoms with Crippen LogP contribution in [0.5, 0.6) is 0 Å². The van der Waals surface area contributed by atoms with Gasteiger partial charge in [0.1, 0.15) is 12.6 Å². The monoisotopic (exact) mass is 396 g/mol. The molecule has 0 radical (unpaired) electrons. The molecule has 0 aliphatic carbocycles. The minimum atomic E-state index is -0.480. The summed E-state index contributed by atoms with van der Waals surface area (Å²) in [5.41, 5.74) is 2.35. The average molecular weight is 397 g/mol. The second-order valence-electron chi connectivity index (χ2n) is 8.46. The van der Waals surface area contributed by atoms with Crippen LogP contribution in [-0.2, 0) is 22.7 Å². The number of fused-ring (bicyclic) bond motifs is 1. The maximum atomic E-state index is 12.7. The first kappa shape index (κ1) is 20.0. The van der Waals surface area contributed by atoms with Gasteiger partial charge in [-0.05, 0) is 63.7 Å². The highest BCUT2D eigenvalue weighted by molar-refractivity contribution is 5.89. The Morgan fingerprint density at radius 1 is 1.00 bits per heavy atom. The van der Waals surface area contributed by atoms with Gasteiger partial charge in [0.15, 0.2) is 0 Å².